The highest BCUT2D eigenvalue weighted by atomic mass is 32.1. The summed E-state index contributed by atoms with van der Waals surface area (Å²) in [6, 6.07) is 1.99. The smallest absolute Gasteiger partial charge is 0.271 e. The van der Waals surface area contributed by atoms with Crippen LogP contribution in [0.5, 0.6) is 0 Å². The number of rotatable bonds is 5. The summed E-state index contributed by atoms with van der Waals surface area (Å²) >= 11 is 1.34. The Hall–Kier alpha value is -2.28. The van der Waals surface area contributed by atoms with E-state index in [2.05, 4.69) is 22.2 Å². The van der Waals surface area contributed by atoms with E-state index in [0.717, 1.165) is 34.3 Å². The third-order valence-electron chi connectivity index (χ3n) is 3.91. The molecule has 6 nitrogen and oxygen atoms in total. The van der Waals surface area contributed by atoms with Gasteiger partial charge in [-0.05, 0) is 31.9 Å². The number of carbonyl (C=O) groups excluding carboxylic acids is 1. The van der Waals surface area contributed by atoms with Gasteiger partial charge in [0.15, 0.2) is 0 Å². The average Bonchev–Trinajstić information content (AvgIpc) is 2.89. The summed E-state index contributed by atoms with van der Waals surface area (Å²) in [7, 11) is 0. The fourth-order valence-corrected chi connectivity index (χ4v) is 3.93. The van der Waals surface area contributed by atoms with Gasteiger partial charge in [-0.25, -0.2) is 9.97 Å². The van der Waals surface area contributed by atoms with Gasteiger partial charge in [0.2, 0.25) is 5.91 Å². The predicted molar refractivity (Wildman–Crippen MR) is 96.6 cm³/mol. The minimum absolute atomic E-state index is 0.00876. The topological polar surface area (TPSA) is 76.9 Å². The predicted octanol–water partition coefficient (Wildman–Crippen LogP) is 2.54. The van der Waals surface area contributed by atoms with Crippen LogP contribution in [0.15, 0.2) is 17.2 Å². The summed E-state index contributed by atoms with van der Waals surface area (Å²) in [4.78, 5) is 34.4. The van der Waals surface area contributed by atoms with E-state index in [1.165, 1.54) is 22.2 Å². The third-order valence-corrected chi connectivity index (χ3v) is 4.97. The molecule has 0 radical (unpaired) electrons. The van der Waals surface area contributed by atoms with Crippen molar-refractivity contribution in [3.63, 3.8) is 0 Å². The molecular formula is C17H20N4O2S. The lowest BCUT2D eigenvalue weighted by atomic mass is 10.1. The number of hydrogen-bond donors (Lipinski definition) is 1. The Balaban J connectivity index is 1.99. The average molecular weight is 344 g/mol. The van der Waals surface area contributed by atoms with Crippen LogP contribution >= 0.6 is 11.3 Å². The second kappa shape index (κ2) is 6.68. The Bertz CT molecular complexity index is 974. The molecule has 0 aromatic carbocycles. The lowest BCUT2D eigenvalue weighted by Crippen LogP contribution is -2.32. The van der Waals surface area contributed by atoms with Gasteiger partial charge in [-0.15, -0.1) is 11.3 Å². The molecule has 126 valence electrons. The van der Waals surface area contributed by atoms with Gasteiger partial charge in [-0.2, -0.15) is 0 Å². The molecule has 0 unspecified atom stereocenters. The lowest BCUT2D eigenvalue weighted by molar-refractivity contribution is -0.121. The third kappa shape index (κ3) is 3.03. The largest absolute Gasteiger partial charge is 0.355 e. The monoisotopic (exact) mass is 344 g/mol. The standard InChI is InChI=1S/C17H20N4O2S/c1-4-5-6-18-12(22)8-21-9-19-14-13-10(2)7-11(3)20-16(13)24-15(14)17(21)23/h7,9H,4-6,8H2,1-3H3,(H,18,22). The Morgan fingerprint density at radius 1 is 1.38 bits per heavy atom. The fourth-order valence-electron chi connectivity index (χ4n) is 2.73. The second-order valence-electron chi connectivity index (χ2n) is 5.92. The van der Waals surface area contributed by atoms with Gasteiger partial charge in [0.05, 0.1) is 11.8 Å². The van der Waals surface area contributed by atoms with Gasteiger partial charge in [-0.1, -0.05) is 13.3 Å². The van der Waals surface area contributed by atoms with Gasteiger partial charge in [0, 0.05) is 17.6 Å². The molecule has 0 bridgehead atoms. The summed E-state index contributed by atoms with van der Waals surface area (Å²) < 4.78 is 1.91. The molecule has 3 aromatic heterocycles. The number of pyridine rings is 1. The van der Waals surface area contributed by atoms with Gasteiger partial charge in [-0.3, -0.25) is 14.2 Å². The Kier molecular flexibility index (Phi) is 4.62. The molecule has 0 aliphatic heterocycles. The number of thiophene rings is 1. The molecule has 0 saturated heterocycles. The van der Waals surface area contributed by atoms with Crippen molar-refractivity contribution in [1.82, 2.24) is 19.9 Å². The molecule has 0 spiro atoms. The van der Waals surface area contributed by atoms with Crippen molar-refractivity contribution in [3.8, 4) is 0 Å². The summed E-state index contributed by atoms with van der Waals surface area (Å²) in [5.41, 5.74) is 2.46. The Morgan fingerprint density at radius 3 is 2.92 bits per heavy atom. The molecule has 1 N–H and O–H groups in total. The SMILES string of the molecule is CCCCNC(=O)Cn1cnc2c(sc3nc(C)cc(C)c32)c1=O. The van der Waals surface area contributed by atoms with Gasteiger partial charge in [0.25, 0.3) is 5.56 Å². The number of carbonyl (C=O) groups is 1. The minimum atomic E-state index is -0.189. The molecule has 7 heteroatoms. The van der Waals surface area contributed by atoms with E-state index in [4.69, 9.17) is 0 Å². The molecule has 3 heterocycles. The lowest BCUT2D eigenvalue weighted by Gasteiger charge is -2.06. The normalized spacial score (nSPS) is 11.3. The number of aromatic nitrogens is 3. The molecule has 0 atom stereocenters. The van der Waals surface area contributed by atoms with E-state index in [-0.39, 0.29) is 18.0 Å². The maximum atomic E-state index is 12.7. The summed E-state index contributed by atoms with van der Waals surface area (Å²) in [6.07, 6.45) is 3.40. The summed E-state index contributed by atoms with van der Waals surface area (Å²) in [5.74, 6) is -0.169. The van der Waals surface area contributed by atoms with Crippen LogP contribution in [0.3, 0.4) is 0 Å². The molecule has 3 aromatic rings. The molecule has 3 rings (SSSR count). The number of aryl methyl sites for hydroxylation is 2. The molecule has 24 heavy (non-hydrogen) atoms. The van der Waals surface area contributed by atoms with Gasteiger partial charge in [0.1, 0.15) is 16.1 Å². The first kappa shape index (κ1) is 16.6. The Labute approximate surface area is 143 Å². The highest BCUT2D eigenvalue weighted by Gasteiger charge is 2.15. The number of hydrogen-bond acceptors (Lipinski definition) is 5. The van der Waals surface area contributed by atoms with Gasteiger partial charge < -0.3 is 5.32 Å². The first-order valence-corrected chi connectivity index (χ1v) is 8.85. The van der Waals surface area contributed by atoms with Crippen LogP contribution in [0.4, 0.5) is 0 Å². The van der Waals surface area contributed by atoms with Crippen molar-refractivity contribution in [3.05, 3.63) is 34.0 Å². The fraction of sp³-hybridized carbons (Fsp3) is 0.412. The van der Waals surface area contributed by atoms with Crippen molar-refractivity contribution in [2.45, 2.75) is 40.2 Å². The molecule has 0 aliphatic rings. The first-order chi connectivity index (χ1) is 11.5. The zero-order valence-corrected chi connectivity index (χ0v) is 14.9. The van der Waals surface area contributed by atoms with Crippen LogP contribution in [-0.2, 0) is 11.3 Å². The summed E-state index contributed by atoms with van der Waals surface area (Å²) in [6.45, 7) is 6.62. The van der Waals surface area contributed by atoms with Crippen LogP contribution in [0.2, 0.25) is 0 Å². The maximum Gasteiger partial charge on any atom is 0.271 e. The zero-order valence-electron chi connectivity index (χ0n) is 14.0. The number of nitrogens with zero attached hydrogens (tertiary/aromatic N) is 3. The van der Waals surface area contributed by atoms with Crippen molar-refractivity contribution >= 4 is 37.7 Å². The van der Waals surface area contributed by atoms with Crippen LogP contribution in [0.25, 0.3) is 20.4 Å². The second-order valence-corrected chi connectivity index (χ2v) is 6.92. The van der Waals surface area contributed by atoms with Crippen LogP contribution in [-0.4, -0.2) is 27.0 Å². The van der Waals surface area contributed by atoms with Crippen LogP contribution < -0.4 is 10.9 Å². The maximum absolute atomic E-state index is 12.7. The molecule has 0 aliphatic carbocycles. The van der Waals surface area contributed by atoms with Crippen molar-refractivity contribution in [1.29, 1.82) is 0 Å². The van der Waals surface area contributed by atoms with E-state index in [1.807, 2.05) is 19.9 Å². The van der Waals surface area contributed by atoms with E-state index in [9.17, 15) is 9.59 Å². The molecule has 0 saturated carbocycles. The number of nitrogens with one attached hydrogen (secondary N) is 1. The number of unbranched alkanes of at least 4 members (excludes halogenated alkanes) is 1. The molecular weight excluding hydrogens is 324 g/mol. The van der Waals surface area contributed by atoms with E-state index >= 15 is 0 Å². The molecule has 0 fully saturated rings. The highest BCUT2D eigenvalue weighted by Crippen LogP contribution is 2.31. The summed E-state index contributed by atoms with van der Waals surface area (Å²) in [5, 5.41) is 3.74. The van der Waals surface area contributed by atoms with Crippen LogP contribution in [0.1, 0.15) is 31.0 Å². The van der Waals surface area contributed by atoms with E-state index < -0.39 is 0 Å². The van der Waals surface area contributed by atoms with Crippen molar-refractivity contribution in [2.24, 2.45) is 0 Å². The highest BCUT2D eigenvalue weighted by molar-refractivity contribution is 7.25. The quantitative estimate of drug-likeness (QED) is 0.722. The zero-order chi connectivity index (χ0) is 17.3. The number of amides is 1. The number of fused-ring (bicyclic) bond motifs is 3. The van der Waals surface area contributed by atoms with E-state index in [0.29, 0.717) is 16.8 Å². The van der Waals surface area contributed by atoms with Crippen molar-refractivity contribution in [2.75, 3.05) is 6.54 Å². The van der Waals surface area contributed by atoms with Crippen molar-refractivity contribution < 1.29 is 4.79 Å². The van der Waals surface area contributed by atoms with E-state index in [1.54, 1.807) is 0 Å². The Morgan fingerprint density at radius 2 is 2.17 bits per heavy atom. The van der Waals surface area contributed by atoms with Crippen LogP contribution in [0, 0.1) is 13.8 Å². The van der Waals surface area contributed by atoms with Gasteiger partial charge >= 0.3 is 0 Å². The molecule has 1 amide bonds. The first-order valence-electron chi connectivity index (χ1n) is 8.04. The minimum Gasteiger partial charge on any atom is -0.355 e.